The third kappa shape index (κ3) is 6.75. The summed E-state index contributed by atoms with van der Waals surface area (Å²) in [7, 11) is 0. The van der Waals surface area contributed by atoms with Crippen molar-refractivity contribution >= 4 is 17.4 Å². The van der Waals surface area contributed by atoms with Gasteiger partial charge in [-0.1, -0.05) is 25.5 Å². The molecule has 1 aromatic carbocycles. The van der Waals surface area contributed by atoms with Crippen LogP contribution in [0.25, 0.3) is 0 Å². The molecule has 0 aliphatic heterocycles. The molecule has 0 saturated carbocycles. The van der Waals surface area contributed by atoms with E-state index in [9.17, 15) is 0 Å². The number of rotatable bonds is 9. The largest absolute Gasteiger partial charge is 0.385 e. The van der Waals surface area contributed by atoms with Gasteiger partial charge in [0.2, 0.25) is 0 Å². The molecule has 18 heavy (non-hydrogen) atoms. The van der Waals surface area contributed by atoms with Crippen molar-refractivity contribution in [1.82, 2.24) is 0 Å². The van der Waals surface area contributed by atoms with Crippen LogP contribution < -0.4 is 5.32 Å². The van der Waals surface area contributed by atoms with Gasteiger partial charge in [-0.05, 0) is 56.2 Å². The maximum Gasteiger partial charge on any atom is 0.0340 e. The molecule has 0 aliphatic carbocycles. The summed E-state index contributed by atoms with van der Waals surface area (Å²) in [6.07, 6.45) is 12.9. The van der Waals surface area contributed by atoms with E-state index in [1.807, 2.05) is 0 Å². The van der Waals surface area contributed by atoms with Crippen LogP contribution in [0.3, 0.4) is 0 Å². The fraction of sp³-hybridized carbons (Fsp3) is 0.500. The smallest absolute Gasteiger partial charge is 0.0340 e. The number of anilines is 1. The standard InChI is InChI=1S/C16H25NS/c1-3-4-5-6-7-8-9-14-17-15-10-12-16(18-2)13-11-15/h5-6,10-13,17H,3-4,7-9,14H2,1-2H3. The normalized spacial score (nSPS) is 11.0. The van der Waals surface area contributed by atoms with E-state index in [2.05, 4.69) is 54.9 Å². The minimum Gasteiger partial charge on any atom is -0.385 e. The van der Waals surface area contributed by atoms with E-state index in [1.54, 1.807) is 11.8 Å². The number of nitrogens with one attached hydrogen (secondary N) is 1. The highest BCUT2D eigenvalue weighted by atomic mass is 32.2. The number of benzene rings is 1. The average Bonchev–Trinajstić information content (AvgIpc) is 2.42. The molecule has 1 nitrogen and oxygen atoms in total. The zero-order valence-electron chi connectivity index (χ0n) is 11.6. The van der Waals surface area contributed by atoms with Crippen LogP contribution in [0.5, 0.6) is 0 Å². The molecule has 0 heterocycles. The molecule has 0 fully saturated rings. The first-order valence-electron chi connectivity index (χ1n) is 6.89. The molecule has 2 heteroatoms. The summed E-state index contributed by atoms with van der Waals surface area (Å²) in [6, 6.07) is 8.65. The van der Waals surface area contributed by atoms with Gasteiger partial charge in [-0.15, -0.1) is 11.8 Å². The van der Waals surface area contributed by atoms with Crippen LogP contribution in [-0.2, 0) is 0 Å². The van der Waals surface area contributed by atoms with Crippen molar-refractivity contribution < 1.29 is 0 Å². The van der Waals surface area contributed by atoms with Gasteiger partial charge in [-0.3, -0.25) is 0 Å². The lowest BCUT2D eigenvalue weighted by Gasteiger charge is -2.06. The highest BCUT2D eigenvalue weighted by molar-refractivity contribution is 7.98. The molecule has 1 aromatic rings. The molecule has 0 atom stereocenters. The summed E-state index contributed by atoms with van der Waals surface area (Å²) in [5.74, 6) is 0. The van der Waals surface area contributed by atoms with Crippen LogP contribution >= 0.6 is 11.8 Å². The molecule has 0 aromatic heterocycles. The number of allylic oxidation sites excluding steroid dienone is 2. The quantitative estimate of drug-likeness (QED) is 0.366. The first-order valence-corrected chi connectivity index (χ1v) is 8.12. The Kier molecular flexibility index (Phi) is 8.49. The Labute approximate surface area is 116 Å². The maximum absolute atomic E-state index is 3.46. The summed E-state index contributed by atoms with van der Waals surface area (Å²) in [5.41, 5.74) is 1.23. The second-order valence-corrected chi connectivity index (χ2v) is 5.29. The van der Waals surface area contributed by atoms with Crippen molar-refractivity contribution in [2.45, 2.75) is 43.9 Å². The molecule has 0 bridgehead atoms. The minimum atomic E-state index is 1.07. The second kappa shape index (κ2) is 10.1. The van der Waals surface area contributed by atoms with Gasteiger partial charge >= 0.3 is 0 Å². The van der Waals surface area contributed by atoms with E-state index < -0.39 is 0 Å². The number of unbranched alkanes of at least 4 members (excludes halogenated alkanes) is 3. The van der Waals surface area contributed by atoms with Crippen LogP contribution in [0.1, 0.15) is 39.0 Å². The van der Waals surface area contributed by atoms with Crippen molar-refractivity contribution in [3.05, 3.63) is 36.4 Å². The Morgan fingerprint density at radius 2 is 1.78 bits per heavy atom. The Morgan fingerprint density at radius 1 is 1.06 bits per heavy atom. The van der Waals surface area contributed by atoms with Gasteiger partial charge in [0.25, 0.3) is 0 Å². The number of thioether (sulfide) groups is 1. The van der Waals surface area contributed by atoms with Crippen LogP contribution in [0, 0.1) is 0 Å². The Balaban J connectivity index is 2.06. The van der Waals surface area contributed by atoms with E-state index in [1.165, 1.54) is 42.7 Å². The first kappa shape index (κ1) is 15.2. The van der Waals surface area contributed by atoms with Crippen molar-refractivity contribution in [3.8, 4) is 0 Å². The monoisotopic (exact) mass is 263 g/mol. The molecule has 100 valence electrons. The fourth-order valence-corrected chi connectivity index (χ4v) is 2.14. The molecular formula is C16H25NS. The third-order valence-corrected chi connectivity index (χ3v) is 3.58. The highest BCUT2D eigenvalue weighted by Crippen LogP contribution is 2.17. The molecule has 0 aliphatic rings. The van der Waals surface area contributed by atoms with Gasteiger partial charge in [0.05, 0.1) is 0 Å². The van der Waals surface area contributed by atoms with Crippen molar-refractivity contribution in [2.24, 2.45) is 0 Å². The summed E-state index contributed by atoms with van der Waals surface area (Å²) in [5, 5.41) is 3.46. The van der Waals surface area contributed by atoms with Crippen LogP contribution in [0.4, 0.5) is 5.69 Å². The van der Waals surface area contributed by atoms with Gasteiger partial charge in [-0.25, -0.2) is 0 Å². The summed E-state index contributed by atoms with van der Waals surface area (Å²) in [6.45, 7) is 3.29. The van der Waals surface area contributed by atoms with E-state index in [4.69, 9.17) is 0 Å². The van der Waals surface area contributed by atoms with Crippen LogP contribution in [-0.4, -0.2) is 12.8 Å². The third-order valence-electron chi connectivity index (χ3n) is 2.84. The Hall–Kier alpha value is -0.890. The van der Waals surface area contributed by atoms with E-state index in [0.29, 0.717) is 0 Å². The lowest BCUT2D eigenvalue weighted by Crippen LogP contribution is -2.00. The van der Waals surface area contributed by atoms with Crippen LogP contribution in [0.2, 0.25) is 0 Å². The predicted octanol–water partition coefficient (Wildman–Crippen LogP) is 5.35. The summed E-state index contributed by atoms with van der Waals surface area (Å²) < 4.78 is 0. The minimum absolute atomic E-state index is 1.07. The zero-order valence-corrected chi connectivity index (χ0v) is 12.4. The van der Waals surface area contributed by atoms with Gasteiger partial charge in [-0.2, -0.15) is 0 Å². The average molecular weight is 263 g/mol. The maximum atomic E-state index is 3.46. The second-order valence-electron chi connectivity index (χ2n) is 4.41. The van der Waals surface area contributed by atoms with Crippen molar-refractivity contribution in [1.29, 1.82) is 0 Å². The molecule has 0 radical (unpaired) electrons. The van der Waals surface area contributed by atoms with Crippen LogP contribution in [0.15, 0.2) is 41.3 Å². The predicted molar refractivity (Wildman–Crippen MR) is 84.6 cm³/mol. The van der Waals surface area contributed by atoms with Crippen molar-refractivity contribution in [3.63, 3.8) is 0 Å². The summed E-state index contributed by atoms with van der Waals surface area (Å²) in [4.78, 5) is 1.32. The first-order chi connectivity index (χ1) is 8.86. The highest BCUT2D eigenvalue weighted by Gasteiger charge is 1.92. The van der Waals surface area contributed by atoms with Gasteiger partial charge in [0.15, 0.2) is 0 Å². The van der Waals surface area contributed by atoms with E-state index >= 15 is 0 Å². The molecular weight excluding hydrogens is 238 g/mol. The SMILES string of the molecule is CCCC=CCCCCNc1ccc(SC)cc1. The molecule has 1 N–H and O–H groups in total. The number of hydrogen-bond donors (Lipinski definition) is 1. The van der Waals surface area contributed by atoms with Gasteiger partial charge < -0.3 is 5.32 Å². The van der Waals surface area contributed by atoms with Gasteiger partial charge in [0.1, 0.15) is 0 Å². The van der Waals surface area contributed by atoms with Gasteiger partial charge in [0, 0.05) is 17.1 Å². The van der Waals surface area contributed by atoms with E-state index in [0.717, 1.165) is 6.54 Å². The Bertz CT molecular complexity index is 329. The lowest BCUT2D eigenvalue weighted by molar-refractivity contribution is 0.776. The molecule has 0 spiro atoms. The lowest BCUT2D eigenvalue weighted by atomic mass is 10.2. The zero-order chi connectivity index (χ0) is 13.1. The molecule has 0 unspecified atom stereocenters. The topological polar surface area (TPSA) is 12.0 Å². The summed E-state index contributed by atoms with van der Waals surface area (Å²) >= 11 is 1.78. The molecule has 0 amide bonds. The molecule has 1 rings (SSSR count). The van der Waals surface area contributed by atoms with E-state index in [-0.39, 0.29) is 0 Å². The number of hydrogen-bond acceptors (Lipinski definition) is 2. The van der Waals surface area contributed by atoms with Crippen molar-refractivity contribution in [2.75, 3.05) is 18.1 Å². The Morgan fingerprint density at radius 3 is 2.44 bits per heavy atom. The molecule has 0 saturated heterocycles. The fourth-order valence-electron chi connectivity index (χ4n) is 1.73.